The number of rotatable bonds is 4. The van der Waals surface area contributed by atoms with Crippen LogP contribution in [0.1, 0.15) is 22.3 Å². The van der Waals surface area contributed by atoms with E-state index in [4.69, 9.17) is 0 Å². The van der Waals surface area contributed by atoms with Gasteiger partial charge in [-0.05, 0) is 122 Å². The van der Waals surface area contributed by atoms with Crippen LogP contribution >= 0.6 is 0 Å². The molecule has 264 valence electrons. The first-order chi connectivity index (χ1) is 28.3. The lowest BCUT2D eigenvalue weighted by Gasteiger charge is -2.35. The van der Waals surface area contributed by atoms with Crippen LogP contribution in [-0.4, -0.2) is 0 Å². The Kier molecular flexibility index (Phi) is 6.94. The van der Waals surface area contributed by atoms with E-state index >= 15 is 0 Å². The van der Waals surface area contributed by atoms with Gasteiger partial charge in [0.2, 0.25) is 0 Å². The zero-order valence-electron chi connectivity index (χ0n) is 31.3. The Morgan fingerprint density at radius 3 is 1.23 bits per heavy atom. The maximum atomic E-state index is 2.54. The maximum absolute atomic E-state index is 2.54. The lowest BCUT2D eigenvalue weighted by Crippen LogP contribution is -2.29. The molecule has 0 radical (unpaired) electrons. The van der Waals surface area contributed by atoms with Gasteiger partial charge in [0.15, 0.2) is 0 Å². The highest BCUT2D eigenvalue weighted by atomic mass is 14.5. The molecular weight excluding hydrogens is 685 g/mol. The van der Waals surface area contributed by atoms with E-state index in [9.17, 15) is 0 Å². The Morgan fingerprint density at radius 2 is 0.667 bits per heavy atom. The molecule has 0 saturated heterocycles. The van der Waals surface area contributed by atoms with Crippen LogP contribution in [0.25, 0.3) is 87.2 Å². The molecule has 0 heterocycles. The van der Waals surface area contributed by atoms with E-state index in [-0.39, 0.29) is 0 Å². The smallest absolute Gasteiger partial charge is 0.0622 e. The van der Waals surface area contributed by atoms with Crippen LogP contribution in [0.4, 0.5) is 0 Å². The van der Waals surface area contributed by atoms with E-state index in [0.29, 0.717) is 0 Å². The second-order valence-corrected chi connectivity index (χ2v) is 15.5. The average molecular weight is 721 g/mol. The van der Waals surface area contributed by atoms with Gasteiger partial charge in [0.1, 0.15) is 0 Å². The van der Waals surface area contributed by atoms with Gasteiger partial charge >= 0.3 is 0 Å². The maximum Gasteiger partial charge on any atom is 0.0720 e. The first kappa shape index (κ1) is 32.0. The minimum Gasteiger partial charge on any atom is -0.0622 e. The molecule has 0 spiro atoms. The molecule has 57 heavy (non-hydrogen) atoms. The van der Waals surface area contributed by atoms with E-state index in [0.717, 1.165) is 0 Å². The van der Waals surface area contributed by atoms with Crippen molar-refractivity contribution in [1.29, 1.82) is 0 Å². The predicted octanol–water partition coefficient (Wildman–Crippen LogP) is 15.1. The highest BCUT2D eigenvalue weighted by Gasteiger charge is 2.48. The largest absolute Gasteiger partial charge is 0.0720 e. The van der Waals surface area contributed by atoms with Crippen molar-refractivity contribution in [3.63, 3.8) is 0 Å². The number of fused-ring (bicyclic) bond motifs is 11. The molecular formula is C57H36. The lowest BCUT2D eigenvalue weighted by molar-refractivity contribution is 0.776. The molecule has 12 rings (SSSR count). The zero-order valence-corrected chi connectivity index (χ0v) is 31.3. The highest BCUT2D eigenvalue weighted by Crippen LogP contribution is 2.61. The monoisotopic (exact) mass is 720 g/mol. The van der Waals surface area contributed by atoms with Gasteiger partial charge in [0.25, 0.3) is 0 Å². The Bertz CT molecular complexity index is 3290. The number of hydrogen-bond acceptors (Lipinski definition) is 0. The summed E-state index contributed by atoms with van der Waals surface area (Å²) in [6.07, 6.45) is 0. The highest BCUT2D eigenvalue weighted by molar-refractivity contribution is 6.23. The fourth-order valence-corrected chi connectivity index (χ4v) is 10.4. The van der Waals surface area contributed by atoms with Crippen LogP contribution in [-0.2, 0) is 5.41 Å². The Morgan fingerprint density at radius 1 is 0.263 bits per heavy atom. The standard InChI is InChI=1S/C57H36/c1-3-19-41(20-4-1)57(42-21-5-2-6-22-42)52-36-40(33-34-51(52)55-45-25-11-9-23-43(45)44-24-10-16-30-50(44)56(55)57)54-48-28-14-12-26-46(48)53(47-27-13-15-29-49(47)54)39-32-31-37-17-7-8-18-38(37)35-39/h1-36H. The number of benzene rings is 11. The normalized spacial score (nSPS) is 13.1. The van der Waals surface area contributed by atoms with E-state index in [1.807, 2.05) is 0 Å². The molecule has 0 unspecified atom stereocenters. The van der Waals surface area contributed by atoms with Gasteiger partial charge in [-0.1, -0.05) is 206 Å². The van der Waals surface area contributed by atoms with E-state index in [2.05, 4.69) is 218 Å². The van der Waals surface area contributed by atoms with Crippen LogP contribution in [0.3, 0.4) is 0 Å². The molecule has 0 heteroatoms. The SMILES string of the molecule is c1ccc(C2(c3ccccc3)c3cc(-c4c5ccccc5c(-c5ccc6ccccc6c5)c5ccccc45)ccc3-c3c2c2ccccc2c2ccccc32)cc1. The third kappa shape index (κ3) is 4.50. The molecule has 0 aliphatic heterocycles. The summed E-state index contributed by atoms with van der Waals surface area (Å²) in [7, 11) is 0. The molecule has 11 aromatic rings. The summed E-state index contributed by atoms with van der Waals surface area (Å²) in [5.74, 6) is 0. The van der Waals surface area contributed by atoms with Crippen molar-refractivity contribution in [2.75, 3.05) is 0 Å². The van der Waals surface area contributed by atoms with Crippen molar-refractivity contribution in [3.05, 3.63) is 241 Å². The Hall–Kier alpha value is -7.28. The summed E-state index contributed by atoms with van der Waals surface area (Å²) >= 11 is 0. The van der Waals surface area contributed by atoms with Crippen molar-refractivity contribution < 1.29 is 0 Å². The van der Waals surface area contributed by atoms with Crippen molar-refractivity contribution in [2.24, 2.45) is 0 Å². The van der Waals surface area contributed by atoms with Crippen LogP contribution in [0.5, 0.6) is 0 Å². The van der Waals surface area contributed by atoms with Crippen LogP contribution in [0.2, 0.25) is 0 Å². The molecule has 0 N–H and O–H groups in total. The summed E-state index contributed by atoms with van der Waals surface area (Å²) in [5, 5.41) is 12.7. The summed E-state index contributed by atoms with van der Waals surface area (Å²) in [6, 6.07) is 81.5. The van der Waals surface area contributed by atoms with Crippen molar-refractivity contribution in [3.8, 4) is 33.4 Å². The molecule has 1 aliphatic carbocycles. The summed E-state index contributed by atoms with van der Waals surface area (Å²) in [6.45, 7) is 0. The topological polar surface area (TPSA) is 0 Å². The van der Waals surface area contributed by atoms with E-state index < -0.39 is 5.41 Å². The third-order valence-corrected chi connectivity index (χ3v) is 12.7. The first-order valence-corrected chi connectivity index (χ1v) is 19.9. The molecule has 0 fully saturated rings. The fraction of sp³-hybridized carbons (Fsp3) is 0.0175. The number of hydrogen-bond donors (Lipinski definition) is 0. The van der Waals surface area contributed by atoms with Gasteiger partial charge in [-0.15, -0.1) is 0 Å². The molecule has 0 nitrogen and oxygen atoms in total. The van der Waals surface area contributed by atoms with Gasteiger partial charge in [0, 0.05) is 0 Å². The second kappa shape index (κ2) is 12.4. The van der Waals surface area contributed by atoms with Crippen LogP contribution in [0, 0.1) is 0 Å². The van der Waals surface area contributed by atoms with Crippen LogP contribution < -0.4 is 0 Å². The molecule has 0 bridgehead atoms. The van der Waals surface area contributed by atoms with E-state index in [1.165, 1.54) is 109 Å². The molecule has 1 aliphatic rings. The Labute approximate surface area is 331 Å². The third-order valence-electron chi connectivity index (χ3n) is 12.7. The minimum atomic E-state index is -0.566. The van der Waals surface area contributed by atoms with Gasteiger partial charge in [-0.3, -0.25) is 0 Å². The molecule has 0 amide bonds. The summed E-state index contributed by atoms with van der Waals surface area (Å²) < 4.78 is 0. The van der Waals surface area contributed by atoms with Crippen molar-refractivity contribution >= 4 is 53.9 Å². The zero-order chi connectivity index (χ0) is 37.5. The summed E-state index contributed by atoms with van der Waals surface area (Å²) in [4.78, 5) is 0. The lowest BCUT2D eigenvalue weighted by atomic mass is 9.66. The Balaban J connectivity index is 1.23. The molecule has 11 aromatic carbocycles. The first-order valence-electron chi connectivity index (χ1n) is 19.9. The minimum absolute atomic E-state index is 0.566. The second-order valence-electron chi connectivity index (χ2n) is 15.5. The van der Waals surface area contributed by atoms with Gasteiger partial charge in [-0.25, -0.2) is 0 Å². The van der Waals surface area contributed by atoms with Gasteiger partial charge < -0.3 is 0 Å². The predicted molar refractivity (Wildman–Crippen MR) is 242 cm³/mol. The molecule has 0 aromatic heterocycles. The van der Waals surface area contributed by atoms with E-state index in [1.54, 1.807) is 0 Å². The quantitative estimate of drug-likeness (QED) is 0.125. The fourth-order valence-electron chi connectivity index (χ4n) is 10.4. The van der Waals surface area contributed by atoms with Crippen molar-refractivity contribution in [2.45, 2.75) is 5.41 Å². The van der Waals surface area contributed by atoms with Crippen molar-refractivity contribution in [1.82, 2.24) is 0 Å². The van der Waals surface area contributed by atoms with Crippen LogP contribution in [0.15, 0.2) is 218 Å². The molecule has 0 saturated carbocycles. The molecule has 0 atom stereocenters. The van der Waals surface area contributed by atoms with Gasteiger partial charge in [-0.2, -0.15) is 0 Å². The summed E-state index contributed by atoms with van der Waals surface area (Å²) in [5.41, 5.74) is 12.3. The van der Waals surface area contributed by atoms with Gasteiger partial charge in [0.05, 0.1) is 5.41 Å². The average Bonchev–Trinajstić information content (AvgIpc) is 3.60.